The van der Waals surface area contributed by atoms with Crippen LogP contribution in [0.1, 0.15) is 5.56 Å². The van der Waals surface area contributed by atoms with Gasteiger partial charge in [-0.1, -0.05) is 12.1 Å². The highest BCUT2D eigenvalue weighted by atomic mass is 19.1. The maximum absolute atomic E-state index is 12.8. The molecule has 0 aliphatic carbocycles. The summed E-state index contributed by atoms with van der Waals surface area (Å²) in [6, 6.07) is 11.9. The molecule has 0 bridgehead atoms. The summed E-state index contributed by atoms with van der Waals surface area (Å²) in [5.74, 6) is 1.16. The van der Waals surface area contributed by atoms with Gasteiger partial charge in [0.1, 0.15) is 5.82 Å². The van der Waals surface area contributed by atoms with Crippen LogP contribution in [0.4, 0.5) is 10.1 Å². The van der Waals surface area contributed by atoms with E-state index >= 15 is 0 Å². The lowest BCUT2D eigenvalue weighted by molar-refractivity contribution is 0.352. The molecule has 0 fully saturated rings. The first-order valence-corrected chi connectivity index (χ1v) is 5.94. The van der Waals surface area contributed by atoms with Gasteiger partial charge < -0.3 is 14.8 Å². The first kappa shape index (κ1) is 13.2. The standard InChI is InChI=1S/C15H16FNO2/c1-18-14-5-3-4-11(15(14)19-2)10-17-13-8-6-12(16)7-9-13/h3-9,17H,10H2,1-2H3. The number of anilines is 1. The molecule has 0 saturated heterocycles. The van der Waals surface area contributed by atoms with E-state index in [2.05, 4.69) is 5.32 Å². The highest BCUT2D eigenvalue weighted by molar-refractivity contribution is 5.50. The molecule has 0 aliphatic heterocycles. The zero-order chi connectivity index (χ0) is 13.7. The van der Waals surface area contributed by atoms with Crippen molar-refractivity contribution in [3.8, 4) is 11.5 Å². The van der Waals surface area contributed by atoms with Gasteiger partial charge in [-0.05, 0) is 30.3 Å². The van der Waals surface area contributed by atoms with Crippen LogP contribution in [-0.4, -0.2) is 14.2 Å². The molecule has 0 heterocycles. The second-order valence-corrected chi connectivity index (χ2v) is 4.01. The van der Waals surface area contributed by atoms with Crippen LogP contribution in [0.3, 0.4) is 0 Å². The molecule has 0 saturated carbocycles. The summed E-state index contributed by atoms with van der Waals surface area (Å²) in [6.07, 6.45) is 0. The zero-order valence-corrected chi connectivity index (χ0v) is 10.9. The maximum Gasteiger partial charge on any atom is 0.165 e. The van der Waals surface area contributed by atoms with Crippen LogP contribution in [-0.2, 0) is 6.54 Å². The largest absolute Gasteiger partial charge is 0.493 e. The van der Waals surface area contributed by atoms with Crippen molar-refractivity contribution in [2.45, 2.75) is 6.54 Å². The van der Waals surface area contributed by atoms with Gasteiger partial charge in [0.05, 0.1) is 14.2 Å². The van der Waals surface area contributed by atoms with Gasteiger partial charge in [-0.15, -0.1) is 0 Å². The molecule has 19 heavy (non-hydrogen) atoms. The highest BCUT2D eigenvalue weighted by Crippen LogP contribution is 2.31. The Balaban J connectivity index is 2.13. The van der Waals surface area contributed by atoms with Gasteiger partial charge in [0.25, 0.3) is 0 Å². The minimum atomic E-state index is -0.246. The van der Waals surface area contributed by atoms with Crippen LogP contribution in [0.15, 0.2) is 42.5 Å². The quantitative estimate of drug-likeness (QED) is 0.894. The van der Waals surface area contributed by atoms with Gasteiger partial charge in [-0.2, -0.15) is 0 Å². The number of ether oxygens (including phenoxy) is 2. The molecule has 3 nitrogen and oxygen atoms in total. The van der Waals surface area contributed by atoms with Gasteiger partial charge in [0.2, 0.25) is 0 Å². The minimum Gasteiger partial charge on any atom is -0.493 e. The molecular weight excluding hydrogens is 245 g/mol. The molecule has 4 heteroatoms. The van der Waals surface area contributed by atoms with Crippen LogP contribution in [0.2, 0.25) is 0 Å². The van der Waals surface area contributed by atoms with Crippen molar-refractivity contribution >= 4 is 5.69 Å². The van der Waals surface area contributed by atoms with E-state index in [1.165, 1.54) is 12.1 Å². The highest BCUT2D eigenvalue weighted by Gasteiger charge is 2.08. The number of benzene rings is 2. The van der Waals surface area contributed by atoms with E-state index in [1.807, 2.05) is 18.2 Å². The Labute approximate surface area is 112 Å². The summed E-state index contributed by atoms with van der Waals surface area (Å²) in [5, 5.41) is 3.21. The molecule has 0 radical (unpaired) electrons. The third-order valence-corrected chi connectivity index (χ3v) is 2.81. The molecular formula is C15H16FNO2. The summed E-state index contributed by atoms with van der Waals surface area (Å²) in [6.45, 7) is 0.575. The normalized spacial score (nSPS) is 10.1. The first-order valence-electron chi connectivity index (χ1n) is 5.94. The topological polar surface area (TPSA) is 30.5 Å². The Hall–Kier alpha value is -2.23. The predicted octanol–water partition coefficient (Wildman–Crippen LogP) is 3.46. The predicted molar refractivity (Wildman–Crippen MR) is 73.3 cm³/mol. The average Bonchev–Trinajstić information content (AvgIpc) is 2.46. The van der Waals surface area contributed by atoms with Crippen molar-refractivity contribution in [1.82, 2.24) is 0 Å². The van der Waals surface area contributed by atoms with E-state index in [4.69, 9.17) is 9.47 Å². The average molecular weight is 261 g/mol. The molecule has 0 unspecified atom stereocenters. The monoisotopic (exact) mass is 261 g/mol. The van der Waals surface area contributed by atoms with E-state index in [-0.39, 0.29) is 5.82 Å². The Kier molecular flexibility index (Phi) is 4.23. The number of hydrogen-bond donors (Lipinski definition) is 1. The number of rotatable bonds is 5. The van der Waals surface area contributed by atoms with Crippen LogP contribution in [0.5, 0.6) is 11.5 Å². The fourth-order valence-electron chi connectivity index (χ4n) is 1.86. The Morgan fingerprint density at radius 1 is 1.00 bits per heavy atom. The van der Waals surface area contributed by atoms with E-state index in [1.54, 1.807) is 26.4 Å². The molecule has 0 aliphatic rings. The maximum atomic E-state index is 12.8. The van der Waals surface area contributed by atoms with E-state index in [9.17, 15) is 4.39 Å². The molecule has 100 valence electrons. The summed E-state index contributed by atoms with van der Waals surface area (Å²) in [5.41, 5.74) is 1.83. The number of halogens is 1. The van der Waals surface area contributed by atoms with Gasteiger partial charge >= 0.3 is 0 Å². The van der Waals surface area contributed by atoms with Crippen LogP contribution in [0, 0.1) is 5.82 Å². The van der Waals surface area contributed by atoms with Crippen molar-refractivity contribution in [2.75, 3.05) is 19.5 Å². The van der Waals surface area contributed by atoms with Crippen LogP contribution in [0.25, 0.3) is 0 Å². The lowest BCUT2D eigenvalue weighted by atomic mass is 10.1. The number of methoxy groups -OCH3 is 2. The second kappa shape index (κ2) is 6.09. The van der Waals surface area contributed by atoms with Gasteiger partial charge in [0, 0.05) is 17.8 Å². The number of para-hydroxylation sites is 1. The lowest BCUT2D eigenvalue weighted by Crippen LogP contribution is -2.02. The van der Waals surface area contributed by atoms with Crippen LogP contribution >= 0.6 is 0 Å². The van der Waals surface area contributed by atoms with E-state index < -0.39 is 0 Å². The smallest absolute Gasteiger partial charge is 0.165 e. The molecule has 0 aromatic heterocycles. The molecule has 2 aromatic rings. The van der Waals surface area contributed by atoms with Crippen molar-refractivity contribution < 1.29 is 13.9 Å². The molecule has 2 rings (SSSR count). The fraction of sp³-hybridized carbons (Fsp3) is 0.200. The number of hydrogen-bond acceptors (Lipinski definition) is 3. The number of nitrogens with one attached hydrogen (secondary N) is 1. The summed E-state index contributed by atoms with van der Waals surface area (Å²) in [4.78, 5) is 0. The van der Waals surface area contributed by atoms with E-state index in [0.29, 0.717) is 18.0 Å². The Morgan fingerprint density at radius 3 is 2.37 bits per heavy atom. The van der Waals surface area contributed by atoms with Gasteiger partial charge in [-0.3, -0.25) is 0 Å². The molecule has 2 aromatic carbocycles. The second-order valence-electron chi connectivity index (χ2n) is 4.01. The molecule has 0 atom stereocenters. The SMILES string of the molecule is COc1cccc(CNc2ccc(F)cc2)c1OC. The summed E-state index contributed by atoms with van der Waals surface area (Å²) in [7, 11) is 3.22. The Bertz CT molecular complexity index is 540. The third-order valence-electron chi connectivity index (χ3n) is 2.81. The van der Waals surface area contributed by atoms with Crippen molar-refractivity contribution in [1.29, 1.82) is 0 Å². The molecule has 0 spiro atoms. The molecule has 0 amide bonds. The fourth-order valence-corrected chi connectivity index (χ4v) is 1.86. The lowest BCUT2D eigenvalue weighted by Gasteiger charge is -2.13. The van der Waals surface area contributed by atoms with Crippen LogP contribution < -0.4 is 14.8 Å². The van der Waals surface area contributed by atoms with Crippen molar-refractivity contribution in [3.63, 3.8) is 0 Å². The first-order chi connectivity index (χ1) is 9.24. The van der Waals surface area contributed by atoms with Gasteiger partial charge in [-0.25, -0.2) is 4.39 Å². The third kappa shape index (κ3) is 3.16. The summed E-state index contributed by atoms with van der Waals surface area (Å²) < 4.78 is 23.4. The van der Waals surface area contributed by atoms with E-state index in [0.717, 1.165) is 11.3 Å². The molecule has 1 N–H and O–H groups in total. The Morgan fingerprint density at radius 2 is 1.74 bits per heavy atom. The van der Waals surface area contributed by atoms with Crippen molar-refractivity contribution in [3.05, 3.63) is 53.8 Å². The summed E-state index contributed by atoms with van der Waals surface area (Å²) >= 11 is 0. The van der Waals surface area contributed by atoms with Gasteiger partial charge in [0.15, 0.2) is 11.5 Å². The minimum absolute atomic E-state index is 0.246. The zero-order valence-electron chi connectivity index (χ0n) is 10.9. The van der Waals surface area contributed by atoms with Crippen molar-refractivity contribution in [2.24, 2.45) is 0 Å².